The van der Waals surface area contributed by atoms with Gasteiger partial charge in [0, 0.05) is 27.4 Å². The molecule has 0 saturated heterocycles. The first kappa shape index (κ1) is 9.78. The molecule has 1 aromatic rings. The second-order valence-corrected chi connectivity index (χ2v) is 2.83. The van der Waals surface area contributed by atoms with Crippen LogP contribution in [0.25, 0.3) is 0 Å². The maximum Gasteiger partial charge on any atom is 0.492 e. The SMILES string of the molecule is O=CCCn1nc([N+](=O)[O-])nc1Br. The van der Waals surface area contributed by atoms with E-state index in [-0.39, 0.29) is 17.7 Å². The van der Waals surface area contributed by atoms with Crippen LogP contribution in [0.5, 0.6) is 0 Å². The molecule has 13 heavy (non-hydrogen) atoms. The van der Waals surface area contributed by atoms with E-state index in [4.69, 9.17) is 0 Å². The summed E-state index contributed by atoms with van der Waals surface area (Å²) >= 11 is 2.98. The zero-order valence-electron chi connectivity index (χ0n) is 6.38. The Balaban J connectivity index is 2.83. The van der Waals surface area contributed by atoms with Crippen LogP contribution in [0.15, 0.2) is 4.73 Å². The van der Waals surface area contributed by atoms with Crippen molar-refractivity contribution in [3.63, 3.8) is 0 Å². The number of hydrogen-bond donors (Lipinski definition) is 0. The second kappa shape index (κ2) is 4.08. The first-order valence-corrected chi connectivity index (χ1v) is 4.13. The monoisotopic (exact) mass is 248 g/mol. The summed E-state index contributed by atoms with van der Waals surface area (Å²) in [4.78, 5) is 23.1. The Hall–Kier alpha value is -1.31. The Morgan fingerprint density at radius 3 is 2.85 bits per heavy atom. The van der Waals surface area contributed by atoms with Gasteiger partial charge in [-0.2, -0.15) is 4.68 Å². The third-order valence-corrected chi connectivity index (χ3v) is 1.82. The van der Waals surface area contributed by atoms with Gasteiger partial charge in [-0.15, -0.1) is 0 Å². The topological polar surface area (TPSA) is 90.9 Å². The van der Waals surface area contributed by atoms with Crippen molar-refractivity contribution >= 4 is 28.2 Å². The van der Waals surface area contributed by atoms with Crippen LogP contribution in [0, 0.1) is 10.1 Å². The number of carbonyl (C=O) groups is 1. The van der Waals surface area contributed by atoms with Gasteiger partial charge >= 0.3 is 5.95 Å². The molecule has 1 heterocycles. The molecule has 1 aromatic heterocycles. The summed E-state index contributed by atoms with van der Waals surface area (Å²) in [6.45, 7) is 0.283. The number of aryl methyl sites for hydroxylation is 1. The number of aldehydes is 1. The molecule has 7 nitrogen and oxygen atoms in total. The van der Waals surface area contributed by atoms with Crippen molar-refractivity contribution in [2.45, 2.75) is 13.0 Å². The van der Waals surface area contributed by atoms with Crippen LogP contribution in [-0.4, -0.2) is 26.0 Å². The van der Waals surface area contributed by atoms with E-state index in [0.29, 0.717) is 6.29 Å². The molecule has 0 bridgehead atoms. The molecule has 0 radical (unpaired) electrons. The van der Waals surface area contributed by atoms with E-state index in [0.717, 1.165) is 0 Å². The van der Waals surface area contributed by atoms with E-state index >= 15 is 0 Å². The highest BCUT2D eigenvalue weighted by atomic mass is 79.9. The average Bonchev–Trinajstić information content (AvgIpc) is 2.44. The van der Waals surface area contributed by atoms with Crippen LogP contribution >= 0.6 is 15.9 Å². The van der Waals surface area contributed by atoms with Crippen molar-refractivity contribution in [1.29, 1.82) is 0 Å². The van der Waals surface area contributed by atoms with Crippen LogP contribution in [0.1, 0.15) is 6.42 Å². The van der Waals surface area contributed by atoms with Crippen LogP contribution < -0.4 is 0 Å². The molecule has 0 atom stereocenters. The normalized spacial score (nSPS) is 9.92. The quantitative estimate of drug-likeness (QED) is 0.441. The summed E-state index contributed by atoms with van der Waals surface area (Å²) in [5.74, 6) is -0.474. The van der Waals surface area contributed by atoms with Gasteiger partial charge in [0.25, 0.3) is 4.73 Å². The Kier molecular flexibility index (Phi) is 3.07. The largest absolute Gasteiger partial charge is 0.492 e. The summed E-state index contributed by atoms with van der Waals surface area (Å²) in [5.41, 5.74) is 0. The Bertz CT molecular complexity index is 337. The molecule has 70 valence electrons. The van der Waals surface area contributed by atoms with E-state index in [2.05, 4.69) is 26.0 Å². The highest BCUT2D eigenvalue weighted by Gasteiger charge is 2.18. The molecule has 0 aliphatic carbocycles. The number of carbonyl (C=O) groups excluding carboxylic acids is 1. The number of rotatable bonds is 4. The van der Waals surface area contributed by atoms with Crippen LogP contribution in [0.4, 0.5) is 5.95 Å². The molecule has 0 fully saturated rings. The summed E-state index contributed by atoms with van der Waals surface area (Å²) < 4.78 is 1.51. The molecule has 1 rings (SSSR count). The summed E-state index contributed by atoms with van der Waals surface area (Å²) in [7, 11) is 0. The van der Waals surface area contributed by atoms with Crippen molar-refractivity contribution in [2.75, 3.05) is 0 Å². The van der Waals surface area contributed by atoms with Gasteiger partial charge in [0.05, 0.1) is 6.54 Å². The summed E-state index contributed by atoms with van der Waals surface area (Å²) in [6, 6.07) is 0. The van der Waals surface area contributed by atoms with Crippen molar-refractivity contribution in [3.8, 4) is 0 Å². The lowest BCUT2D eigenvalue weighted by molar-refractivity contribution is -0.394. The molecule has 0 aliphatic heterocycles. The van der Waals surface area contributed by atoms with E-state index < -0.39 is 10.9 Å². The van der Waals surface area contributed by atoms with Gasteiger partial charge in [0.1, 0.15) is 6.29 Å². The lowest BCUT2D eigenvalue weighted by Gasteiger charge is -1.89. The van der Waals surface area contributed by atoms with E-state index in [9.17, 15) is 14.9 Å². The molecule has 0 N–H and O–H groups in total. The molecular formula is C5H5BrN4O3. The van der Waals surface area contributed by atoms with Gasteiger partial charge in [-0.05, 0) is 9.91 Å². The molecule has 0 saturated carbocycles. The van der Waals surface area contributed by atoms with Gasteiger partial charge in [-0.25, -0.2) is 0 Å². The first-order valence-electron chi connectivity index (χ1n) is 3.33. The standard InChI is InChI=1S/C5H5BrN4O3/c6-4-7-5(10(12)13)8-9(4)2-1-3-11/h3H,1-2H2. The highest BCUT2D eigenvalue weighted by Crippen LogP contribution is 2.11. The maximum atomic E-state index is 10.2. The van der Waals surface area contributed by atoms with Crippen molar-refractivity contribution < 1.29 is 9.72 Å². The highest BCUT2D eigenvalue weighted by molar-refractivity contribution is 9.10. The van der Waals surface area contributed by atoms with E-state index in [1.165, 1.54) is 4.68 Å². The van der Waals surface area contributed by atoms with Gasteiger partial charge in [-0.3, -0.25) is 0 Å². The first-order chi connectivity index (χ1) is 6.15. The average molecular weight is 249 g/mol. The zero-order valence-corrected chi connectivity index (χ0v) is 7.97. The lowest BCUT2D eigenvalue weighted by atomic mass is 10.5. The number of halogens is 1. The minimum atomic E-state index is -0.692. The molecule has 8 heteroatoms. The number of aromatic nitrogens is 3. The Morgan fingerprint density at radius 2 is 2.38 bits per heavy atom. The Morgan fingerprint density at radius 1 is 1.69 bits per heavy atom. The van der Waals surface area contributed by atoms with Gasteiger partial charge in [0.2, 0.25) is 0 Å². The predicted octanol–water partition coefficient (Wildman–Crippen LogP) is 0.538. The predicted molar refractivity (Wildman–Crippen MR) is 45.1 cm³/mol. The fraction of sp³-hybridized carbons (Fsp3) is 0.400. The fourth-order valence-corrected chi connectivity index (χ4v) is 1.12. The molecule has 0 amide bonds. The number of hydrogen-bond acceptors (Lipinski definition) is 5. The van der Waals surface area contributed by atoms with E-state index in [1.807, 2.05) is 0 Å². The number of nitro groups is 1. The maximum absolute atomic E-state index is 10.2. The molecule has 0 spiro atoms. The fourth-order valence-electron chi connectivity index (χ4n) is 0.706. The third-order valence-electron chi connectivity index (χ3n) is 1.24. The van der Waals surface area contributed by atoms with Crippen LogP contribution in [-0.2, 0) is 11.3 Å². The second-order valence-electron chi connectivity index (χ2n) is 2.12. The molecular weight excluding hydrogens is 244 g/mol. The third kappa shape index (κ3) is 2.31. The van der Waals surface area contributed by atoms with Crippen LogP contribution in [0.2, 0.25) is 0 Å². The zero-order chi connectivity index (χ0) is 9.84. The van der Waals surface area contributed by atoms with Gasteiger partial charge < -0.3 is 14.9 Å². The lowest BCUT2D eigenvalue weighted by Crippen LogP contribution is -2.01. The van der Waals surface area contributed by atoms with Gasteiger partial charge in [-0.1, -0.05) is 0 Å². The van der Waals surface area contributed by atoms with E-state index in [1.54, 1.807) is 0 Å². The minimum absolute atomic E-state index is 0.249. The summed E-state index contributed by atoms with van der Waals surface area (Å²) in [6.07, 6.45) is 0.957. The summed E-state index contributed by atoms with van der Waals surface area (Å²) in [5, 5.41) is 13.8. The minimum Gasteiger partial charge on any atom is -0.390 e. The molecule has 0 unspecified atom stereocenters. The Labute approximate surface area is 81.0 Å². The van der Waals surface area contributed by atoms with Crippen LogP contribution in [0.3, 0.4) is 0 Å². The van der Waals surface area contributed by atoms with Crippen molar-refractivity contribution in [2.24, 2.45) is 0 Å². The molecule has 0 aromatic carbocycles. The molecule has 0 aliphatic rings. The van der Waals surface area contributed by atoms with Crippen molar-refractivity contribution in [3.05, 3.63) is 14.8 Å². The number of nitrogens with zero attached hydrogens (tertiary/aromatic N) is 4. The van der Waals surface area contributed by atoms with Crippen molar-refractivity contribution in [1.82, 2.24) is 14.8 Å². The van der Waals surface area contributed by atoms with Gasteiger partial charge in [0.15, 0.2) is 0 Å². The smallest absolute Gasteiger partial charge is 0.390 e.